The number of ether oxygens (including phenoxy) is 3. The van der Waals surface area contributed by atoms with Gasteiger partial charge in [-0.1, -0.05) is 203 Å². The summed E-state index contributed by atoms with van der Waals surface area (Å²) < 4.78 is 17.3. The van der Waals surface area contributed by atoms with Crippen molar-refractivity contribution in [2.45, 2.75) is 232 Å². The molecule has 0 aliphatic carbocycles. The van der Waals surface area contributed by atoms with Gasteiger partial charge in [0.05, 0.1) is 6.61 Å². The highest BCUT2D eigenvalue weighted by atomic mass is 16.6. The van der Waals surface area contributed by atoms with Crippen LogP contribution in [0, 0.1) is 0 Å². The van der Waals surface area contributed by atoms with Gasteiger partial charge in [0.1, 0.15) is 6.61 Å². The van der Waals surface area contributed by atoms with Crippen molar-refractivity contribution < 1.29 is 23.8 Å². The topological polar surface area (TPSA) is 61.8 Å². The first kappa shape index (κ1) is 55.3. The van der Waals surface area contributed by atoms with Gasteiger partial charge in [-0.05, 0) is 83.5 Å². The van der Waals surface area contributed by atoms with E-state index in [2.05, 4.69) is 93.7 Å². The Morgan fingerprint density at radius 2 is 0.793 bits per heavy atom. The van der Waals surface area contributed by atoms with Gasteiger partial charge in [-0.25, -0.2) is 0 Å². The summed E-state index contributed by atoms with van der Waals surface area (Å²) in [6, 6.07) is 0. The van der Waals surface area contributed by atoms with Crippen molar-refractivity contribution in [3.8, 4) is 0 Å². The summed E-state index contributed by atoms with van der Waals surface area (Å²) in [5, 5.41) is 0. The lowest BCUT2D eigenvalue weighted by atomic mass is 10.0. The predicted octanol–water partition coefficient (Wildman–Crippen LogP) is 16.3. The fraction of sp³-hybridized carbons (Fsp3) is 0.736. The van der Waals surface area contributed by atoms with Crippen molar-refractivity contribution in [2.24, 2.45) is 0 Å². The van der Waals surface area contributed by atoms with Crippen LogP contribution in [0.25, 0.3) is 0 Å². The smallest absolute Gasteiger partial charge is 0.306 e. The highest BCUT2D eigenvalue weighted by molar-refractivity contribution is 5.70. The third kappa shape index (κ3) is 46.0. The van der Waals surface area contributed by atoms with E-state index in [1.807, 2.05) is 0 Å². The van der Waals surface area contributed by atoms with Crippen molar-refractivity contribution in [1.29, 1.82) is 0 Å². The van der Waals surface area contributed by atoms with E-state index in [-0.39, 0.29) is 25.2 Å². The third-order valence-corrected chi connectivity index (χ3v) is 10.2. The standard InChI is InChI=1S/C53H92O5/c1-4-7-10-13-16-19-22-24-25-26-27-28-30-33-36-39-42-45-48-56-49-51(58-53(55)47-44-41-38-35-31-21-18-15-12-9-6-3)50-57-52(54)46-43-40-37-34-32-29-23-20-17-14-11-8-5-2/h7,10,15-16,18-19,24-25,27-28,33,36,51H,4-6,8-9,11-14,17,20-23,26,29-32,34-35,37-50H2,1-3H3/b10-7-,18-15-,19-16-,25-24-,28-27-,36-33-. The van der Waals surface area contributed by atoms with E-state index in [1.165, 1.54) is 103 Å². The van der Waals surface area contributed by atoms with Crippen LogP contribution < -0.4 is 0 Å². The molecule has 0 bridgehead atoms. The second kappa shape index (κ2) is 48.7. The largest absolute Gasteiger partial charge is 0.462 e. The molecule has 0 radical (unpaired) electrons. The maximum absolute atomic E-state index is 12.7. The molecule has 5 heteroatoms. The van der Waals surface area contributed by atoms with E-state index in [9.17, 15) is 9.59 Å². The van der Waals surface area contributed by atoms with Gasteiger partial charge in [0.15, 0.2) is 6.10 Å². The minimum Gasteiger partial charge on any atom is -0.462 e. The van der Waals surface area contributed by atoms with E-state index >= 15 is 0 Å². The first-order valence-corrected chi connectivity index (χ1v) is 24.5. The molecule has 0 heterocycles. The van der Waals surface area contributed by atoms with Crippen LogP contribution >= 0.6 is 0 Å². The normalized spacial score (nSPS) is 12.8. The summed E-state index contributed by atoms with van der Waals surface area (Å²) in [6.07, 6.45) is 61.9. The number of carbonyl (C=O) groups excluding carboxylic acids is 2. The van der Waals surface area contributed by atoms with Crippen LogP contribution in [0.4, 0.5) is 0 Å². The minimum absolute atomic E-state index is 0.0643. The molecule has 0 aromatic carbocycles. The molecule has 0 saturated heterocycles. The van der Waals surface area contributed by atoms with Crippen molar-refractivity contribution in [3.05, 3.63) is 72.9 Å². The van der Waals surface area contributed by atoms with Gasteiger partial charge in [-0.15, -0.1) is 0 Å². The Balaban J connectivity index is 4.33. The van der Waals surface area contributed by atoms with E-state index < -0.39 is 6.10 Å². The summed E-state index contributed by atoms with van der Waals surface area (Å²) in [5.74, 6) is -0.431. The van der Waals surface area contributed by atoms with Crippen LogP contribution in [0.5, 0.6) is 0 Å². The van der Waals surface area contributed by atoms with Gasteiger partial charge in [0.25, 0.3) is 0 Å². The van der Waals surface area contributed by atoms with Gasteiger partial charge >= 0.3 is 11.9 Å². The molecule has 0 saturated carbocycles. The molecule has 1 atom stereocenters. The fourth-order valence-corrected chi connectivity index (χ4v) is 6.58. The molecule has 0 aliphatic heterocycles. The zero-order valence-corrected chi connectivity index (χ0v) is 38.3. The molecule has 0 spiro atoms. The Bertz CT molecular complexity index is 1050. The van der Waals surface area contributed by atoms with Crippen LogP contribution in [0.3, 0.4) is 0 Å². The van der Waals surface area contributed by atoms with E-state index in [1.54, 1.807) is 0 Å². The Labute approximate surface area is 359 Å². The van der Waals surface area contributed by atoms with Crippen molar-refractivity contribution >= 4 is 11.9 Å². The number of unbranched alkanes of at least 4 members (excludes halogenated alkanes) is 21. The lowest BCUT2D eigenvalue weighted by Crippen LogP contribution is -2.30. The zero-order valence-electron chi connectivity index (χ0n) is 38.3. The second-order valence-corrected chi connectivity index (χ2v) is 16.0. The molecule has 334 valence electrons. The molecule has 58 heavy (non-hydrogen) atoms. The quantitative estimate of drug-likeness (QED) is 0.0348. The van der Waals surface area contributed by atoms with Gasteiger partial charge in [0, 0.05) is 19.4 Å². The Kier molecular flexibility index (Phi) is 46.5. The number of hydrogen-bond donors (Lipinski definition) is 0. The van der Waals surface area contributed by atoms with Crippen molar-refractivity contribution in [3.63, 3.8) is 0 Å². The Morgan fingerprint density at radius 3 is 1.31 bits per heavy atom. The van der Waals surface area contributed by atoms with Crippen LogP contribution in [-0.4, -0.2) is 37.9 Å². The summed E-state index contributed by atoms with van der Waals surface area (Å²) >= 11 is 0. The molecule has 0 aliphatic rings. The SMILES string of the molecule is CC/C=C\C/C=C\C/C=C\C/C=C\C/C=C\CCCCOCC(COC(=O)CCCCCCCCCCCCCCC)OC(=O)CCCCCCC/C=C\CCCC. The minimum atomic E-state index is -0.562. The fourth-order valence-electron chi connectivity index (χ4n) is 6.58. The third-order valence-electron chi connectivity index (χ3n) is 10.2. The van der Waals surface area contributed by atoms with Gasteiger partial charge < -0.3 is 14.2 Å². The molecule has 0 rings (SSSR count). The van der Waals surface area contributed by atoms with E-state index in [0.29, 0.717) is 19.4 Å². The number of rotatable bonds is 44. The molecule has 1 unspecified atom stereocenters. The highest BCUT2D eigenvalue weighted by Crippen LogP contribution is 2.14. The number of esters is 2. The van der Waals surface area contributed by atoms with Crippen LogP contribution in [0.15, 0.2) is 72.9 Å². The lowest BCUT2D eigenvalue weighted by Gasteiger charge is -2.18. The molecular weight excluding hydrogens is 717 g/mol. The van der Waals surface area contributed by atoms with E-state index in [4.69, 9.17) is 14.2 Å². The summed E-state index contributed by atoms with van der Waals surface area (Å²) in [6.45, 7) is 7.57. The highest BCUT2D eigenvalue weighted by Gasteiger charge is 2.17. The molecule has 0 fully saturated rings. The monoisotopic (exact) mass is 809 g/mol. The van der Waals surface area contributed by atoms with Crippen LogP contribution in [0.1, 0.15) is 226 Å². The molecular formula is C53H92O5. The Hall–Kier alpha value is -2.66. The molecule has 0 N–H and O–H groups in total. The molecule has 0 amide bonds. The average molecular weight is 809 g/mol. The number of carbonyl (C=O) groups is 2. The Morgan fingerprint density at radius 1 is 0.397 bits per heavy atom. The summed E-state index contributed by atoms with van der Waals surface area (Å²) in [4.78, 5) is 25.3. The first-order valence-electron chi connectivity index (χ1n) is 24.5. The van der Waals surface area contributed by atoms with Gasteiger partial charge in [-0.2, -0.15) is 0 Å². The predicted molar refractivity (Wildman–Crippen MR) is 251 cm³/mol. The van der Waals surface area contributed by atoms with Crippen molar-refractivity contribution in [1.82, 2.24) is 0 Å². The molecule has 5 nitrogen and oxygen atoms in total. The number of allylic oxidation sites excluding steroid dienone is 12. The van der Waals surface area contributed by atoms with Crippen LogP contribution in [-0.2, 0) is 23.8 Å². The van der Waals surface area contributed by atoms with Crippen molar-refractivity contribution in [2.75, 3.05) is 19.8 Å². The zero-order chi connectivity index (χ0) is 42.1. The lowest BCUT2D eigenvalue weighted by molar-refractivity contribution is -0.163. The first-order chi connectivity index (χ1) is 28.6. The second-order valence-electron chi connectivity index (χ2n) is 16.0. The summed E-state index contributed by atoms with van der Waals surface area (Å²) in [7, 11) is 0. The molecule has 0 aromatic heterocycles. The van der Waals surface area contributed by atoms with Gasteiger partial charge in [-0.3, -0.25) is 9.59 Å². The van der Waals surface area contributed by atoms with Crippen LogP contribution in [0.2, 0.25) is 0 Å². The number of hydrogen-bond acceptors (Lipinski definition) is 5. The molecule has 0 aromatic rings. The average Bonchev–Trinajstić information content (AvgIpc) is 3.22. The summed E-state index contributed by atoms with van der Waals surface area (Å²) in [5.41, 5.74) is 0. The van der Waals surface area contributed by atoms with Gasteiger partial charge in [0.2, 0.25) is 0 Å². The van der Waals surface area contributed by atoms with E-state index in [0.717, 1.165) is 89.9 Å². The maximum atomic E-state index is 12.7. The maximum Gasteiger partial charge on any atom is 0.306 e.